The van der Waals surface area contributed by atoms with Crippen LogP contribution in [0.1, 0.15) is 19.4 Å². The van der Waals surface area contributed by atoms with Gasteiger partial charge in [-0.05, 0) is 24.3 Å². The second-order valence-corrected chi connectivity index (χ2v) is 3.61. The van der Waals surface area contributed by atoms with Crippen LogP contribution in [0.4, 0.5) is 0 Å². The van der Waals surface area contributed by atoms with Gasteiger partial charge in [-0.1, -0.05) is 43.0 Å². The van der Waals surface area contributed by atoms with Gasteiger partial charge in [0.25, 0.3) is 0 Å². The zero-order chi connectivity index (χ0) is 12.0. The Kier molecular flexibility index (Phi) is 4.52. The van der Waals surface area contributed by atoms with Crippen molar-refractivity contribution in [2.45, 2.75) is 13.8 Å². The van der Waals surface area contributed by atoms with Crippen molar-refractivity contribution in [2.24, 2.45) is 0 Å². The number of hydrogen-bond donors (Lipinski definition) is 0. The van der Waals surface area contributed by atoms with Crippen LogP contribution < -0.4 is 0 Å². The Morgan fingerprint density at radius 1 is 1.31 bits per heavy atom. The lowest BCUT2D eigenvalue weighted by molar-refractivity contribution is -0.125. The molecule has 0 aliphatic rings. The second-order valence-electron chi connectivity index (χ2n) is 3.61. The van der Waals surface area contributed by atoms with Gasteiger partial charge in [0.2, 0.25) is 5.91 Å². The fourth-order valence-corrected chi connectivity index (χ4v) is 1.39. The van der Waals surface area contributed by atoms with Crippen molar-refractivity contribution < 1.29 is 4.79 Å². The van der Waals surface area contributed by atoms with Crippen molar-refractivity contribution >= 4 is 11.5 Å². The van der Waals surface area contributed by atoms with Gasteiger partial charge in [-0.15, -0.1) is 0 Å². The van der Waals surface area contributed by atoms with Crippen LogP contribution in [0.2, 0.25) is 0 Å². The van der Waals surface area contributed by atoms with Crippen LogP contribution in [0.5, 0.6) is 0 Å². The van der Waals surface area contributed by atoms with E-state index in [-0.39, 0.29) is 5.91 Å². The number of benzene rings is 1. The Hall–Kier alpha value is -1.83. The lowest BCUT2D eigenvalue weighted by Gasteiger charge is -2.13. The first kappa shape index (κ1) is 12.2. The van der Waals surface area contributed by atoms with Gasteiger partial charge >= 0.3 is 0 Å². The van der Waals surface area contributed by atoms with Gasteiger partial charge in [-0.2, -0.15) is 0 Å². The highest BCUT2D eigenvalue weighted by atomic mass is 16.2. The van der Waals surface area contributed by atoms with E-state index in [0.29, 0.717) is 6.54 Å². The predicted molar refractivity (Wildman–Crippen MR) is 67.7 cm³/mol. The van der Waals surface area contributed by atoms with Crippen LogP contribution in [0, 0.1) is 0 Å². The van der Waals surface area contributed by atoms with Gasteiger partial charge in [0.05, 0.1) is 0 Å². The molecule has 0 aromatic heterocycles. The number of carbonyl (C=O) groups is 1. The molecule has 1 amide bonds. The number of carbonyl (C=O) groups excluding carboxylic acids is 1. The molecule has 0 N–H and O–H groups in total. The lowest BCUT2D eigenvalue weighted by atomic mass is 10.1. The van der Waals surface area contributed by atoms with Crippen LogP contribution >= 0.6 is 0 Å². The summed E-state index contributed by atoms with van der Waals surface area (Å²) in [5.41, 5.74) is 2.34. The minimum absolute atomic E-state index is 0.00658. The van der Waals surface area contributed by atoms with Crippen molar-refractivity contribution in [2.75, 3.05) is 6.54 Å². The Morgan fingerprint density at radius 2 is 1.94 bits per heavy atom. The number of nitrogens with zero attached hydrogens (tertiary/aromatic N) is 1. The number of rotatable bonds is 4. The highest BCUT2D eigenvalue weighted by Crippen LogP contribution is 2.12. The fraction of sp³-hybridized carbons (Fsp3) is 0.214. The molecule has 0 bridgehead atoms. The Balaban J connectivity index is 2.71. The van der Waals surface area contributed by atoms with E-state index in [9.17, 15) is 4.79 Å². The third-order valence-electron chi connectivity index (χ3n) is 2.45. The van der Waals surface area contributed by atoms with E-state index in [2.05, 4.69) is 18.7 Å². The van der Waals surface area contributed by atoms with E-state index in [1.165, 1.54) is 12.5 Å². The predicted octanol–water partition coefficient (Wildman–Crippen LogP) is 3.08. The molecule has 0 heterocycles. The molecule has 0 aliphatic carbocycles. The smallest absolute Gasteiger partial charge is 0.223 e. The SMILES string of the molecule is C=CN(C/C=C(\C)c1ccccc1)C(C)=O. The van der Waals surface area contributed by atoms with Crippen LogP contribution in [0.25, 0.3) is 5.57 Å². The topological polar surface area (TPSA) is 20.3 Å². The molecule has 0 unspecified atom stereocenters. The number of allylic oxidation sites excluding steroid dienone is 1. The summed E-state index contributed by atoms with van der Waals surface area (Å²) in [5.74, 6) is 0.00658. The average molecular weight is 215 g/mol. The van der Waals surface area contributed by atoms with Gasteiger partial charge < -0.3 is 4.90 Å². The van der Waals surface area contributed by atoms with E-state index >= 15 is 0 Å². The monoisotopic (exact) mass is 215 g/mol. The van der Waals surface area contributed by atoms with E-state index in [0.717, 1.165) is 5.57 Å². The molecule has 1 aromatic carbocycles. The lowest BCUT2D eigenvalue weighted by Crippen LogP contribution is -2.22. The first-order chi connectivity index (χ1) is 7.65. The largest absolute Gasteiger partial charge is 0.316 e. The van der Waals surface area contributed by atoms with Crippen molar-refractivity contribution in [3.63, 3.8) is 0 Å². The Labute approximate surface area is 96.9 Å². The Bertz CT molecular complexity index is 392. The third-order valence-corrected chi connectivity index (χ3v) is 2.45. The number of hydrogen-bond acceptors (Lipinski definition) is 1. The van der Waals surface area contributed by atoms with E-state index < -0.39 is 0 Å². The van der Waals surface area contributed by atoms with Gasteiger partial charge in [-0.3, -0.25) is 4.79 Å². The van der Waals surface area contributed by atoms with E-state index in [4.69, 9.17) is 0 Å². The summed E-state index contributed by atoms with van der Waals surface area (Å²) in [5, 5.41) is 0. The summed E-state index contributed by atoms with van der Waals surface area (Å²) in [6.07, 6.45) is 3.58. The molecule has 2 heteroatoms. The molecule has 1 aromatic rings. The third kappa shape index (κ3) is 3.39. The van der Waals surface area contributed by atoms with Crippen LogP contribution in [-0.2, 0) is 4.79 Å². The summed E-state index contributed by atoms with van der Waals surface area (Å²) in [7, 11) is 0. The summed E-state index contributed by atoms with van der Waals surface area (Å²) in [6, 6.07) is 10.1. The Morgan fingerprint density at radius 3 is 2.44 bits per heavy atom. The quantitative estimate of drug-likeness (QED) is 0.755. The molecule has 0 spiro atoms. The van der Waals surface area contributed by atoms with E-state index in [1.54, 1.807) is 11.1 Å². The molecule has 16 heavy (non-hydrogen) atoms. The van der Waals surface area contributed by atoms with Gasteiger partial charge in [0, 0.05) is 13.5 Å². The first-order valence-electron chi connectivity index (χ1n) is 5.27. The minimum Gasteiger partial charge on any atom is -0.316 e. The first-order valence-corrected chi connectivity index (χ1v) is 5.27. The summed E-state index contributed by atoms with van der Waals surface area (Å²) >= 11 is 0. The number of amides is 1. The highest BCUT2D eigenvalue weighted by molar-refractivity contribution is 5.75. The normalized spacial score (nSPS) is 11.0. The average Bonchev–Trinajstić information content (AvgIpc) is 2.30. The zero-order valence-electron chi connectivity index (χ0n) is 9.81. The maximum absolute atomic E-state index is 11.1. The molecule has 0 fully saturated rings. The van der Waals surface area contributed by atoms with Crippen molar-refractivity contribution in [3.05, 3.63) is 54.8 Å². The summed E-state index contributed by atoms with van der Waals surface area (Å²) in [6.45, 7) is 7.75. The maximum atomic E-state index is 11.1. The van der Waals surface area contributed by atoms with Gasteiger partial charge in [0.1, 0.15) is 0 Å². The molecule has 1 rings (SSSR count). The summed E-state index contributed by atoms with van der Waals surface area (Å²) < 4.78 is 0. The zero-order valence-corrected chi connectivity index (χ0v) is 9.81. The molecular weight excluding hydrogens is 198 g/mol. The molecule has 0 atom stereocenters. The van der Waals surface area contributed by atoms with Crippen molar-refractivity contribution in [3.8, 4) is 0 Å². The van der Waals surface area contributed by atoms with Crippen LogP contribution in [-0.4, -0.2) is 17.4 Å². The molecule has 0 saturated heterocycles. The molecule has 84 valence electrons. The molecular formula is C14H17NO. The molecule has 0 saturated carbocycles. The van der Waals surface area contributed by atoms with Gasteiger partial charge in [0.15, 0.2) is 0 Å². The molecule has 2 nitrogen and oxygen atoms in total. The maximum Gasteiger partial charge on any atom is 0.223 e. The van der Waals surface area contributed by atoms with Gasteiger partial charge in [-0.25, -0.2) is 0 Å². The van der Waals surface area contributed by atoms with Crippen LogP contribution in [0.3, 0.4) is 0 Å². The minimum atomic E-state index is 0.00658. The second kappa shape index (κ2) is 5.91. The van der Waals surface area contributed by atoms with E-state index in [1.807, 2.05) is 31.2 Å². The molecule has 0 radical (unpaired) electrons. The standard InChI is InChI=1S/C14H17NO/c1-4-15(13(3)16)11-10-12(2)14-8-6-5-7-9-14/h4-10H,1,11H2,2-3H3/b12-10+. The van der Waals surface area contributed by atoms with Crippen LogP contribution in [0.15, 0.2) is 49.2 Å². The molecule has 0 aliphatic heterocycles. The fourth-order valence-electron chi connectivity index (χ4n) is 1.39. The summed E-state index contributed by atoms with van der Waals surface area (Å²) in [4.78, 5) is 12.7. The van der Waals surface area contributed by atoms with Crippen molar-refractivity contribution in [1.29, 1.82) is 0 Å². The highest BCUT2D eigenvalue weighted by Gasteiger charge is 2.01. The van der Waals surface area contributed by atoms with Crippen molar-refractivity contribution in [1.82, 2.24) is 4.90 Å².